The van der Waals surface area contributed by atoms with Crippen molar-refractivity contribution < 1.29 is 9.53 Å². The number of ether oxygens (including phenoxy) is 1. The molecular weight excluding hydrogens is 422 g/mol. The van der Waals surface area contributed by atoms with E-state index >= 15 is 0 Å². The van der Waals surface area contributed by atoms with Crippen molar-refractivity contribution in [2.75, 3.05) is 13.2 Å². The highest BCUT2D eigenvalue weighted by molar-refractivity contribution is 7.08. The van der Waals surface area contributed by atoms with E-state index in [-0.39, 0.29) is 17.7 Å². The van der Waals surface area contributed by atoms with E-state index in [1.54, 1.807) is 16.2 Å². The van der Waals surface area contributed by atoms with Gasteiger partial charge in [-0.05, 0) is 47.7 Å². The first-order valence-corrected chi connectivity index (χ1v) is 12.1. The van der Waals surface area contributed by atoms with Gasteiger partial charge in [0.15, 0.2) is 5.69 Å². The Morgan fingerprint density at radius 3 is 2.62 bits per heavy atom. The Morgan fingerprint density at radius 2 is 1.91 bits per heavy atom. The molecule has 0 atom stereocenters. The third kappa shape index (κ3) is 4.35. The standard InChI is InChI=1S/C25H29N3O3S/c1-4-5-13-31-23-22-25(30)27(17(2)3)11-12-28(22)21(26-24(23)29)14-19-15-32-16-20(19)18-9-7-6-8-10-18/h6-10,15-17H,4-5,11-14H2,1-3H3. The zero-order valence-electron chi connectivity index (χ0n) is 18.8. The molecule has 0 saturated heterocycles. The van der Waals surface area contributed by atoms with Crippen LogP contribution in [-0.4, -0.2) is 39.6 Å². The summed E-state index contributed by atoms with van der Waals surface area (Å²) in [4.78, 5) is 32.6. The van der Waals surface area contributed by atoms with Crippen LogP contribution < -0.4 is 10.3 Å². The smallest absolute Gasteiger partial charge is 0.316 e. The van der Waals surface area contributed by atoms with Gasteiger partial charge in [0.05, 0.1) is 6.61 Å². The first kappa shape index (κ1) is 22.3. The molecule has 32 heavy (non-hydrogen) atoms. The first-order chi connectivity index (χ1) is 15.5. The average Bonchev–Trinajstić information content (AvgIpc) is 3.24. The number of nitrogens with zero attached hydrogens (tertiary/aromatic N) is 3. The molecule has 0 spiro atoms. The van der Waals surface area contributed by atoms with Crippen LogP contribution in [0.3, 0.4) is 0 Å². The lowest BCUT2D eigenvalue weighted by Gasteiger charge is -2.34. The zero-order valence-corrected chi connectivity index (χ0v) is 19.7. The lowest BCUT2D eigenvalue weighted by atomic mass is 10.0. The highest BCUT2D eigenvalue weighted by Gasteiger charge is 2.33. The highest BCUT2D eigenvalue weighted by Crippen LogP contribution is 2.30. The molecule has 0 unspecified atom stereocenters. The summed E-state index contributed by atoms with van der Waals surface area (Å²) < 4.78 is 7.72. The maximum Gasteiger partial charge on any atom is 0.316 e. The van der Waals surface area contributed by atoms with Crippen LogP contribution in [0.2, 0.25) is 0 Å². The van der Waals surface area contributed by atoms with Gasteiger partial charge in [0, 0.05) is 25.6 Å². The number of thiophene rings is 1. The molecule has 168 valence electrons. The molecule has 2 aromatic heterocycles. The Morgan fingerprint density at radius 1 is 1.12 bits per heavy atom. The summed E-state index contributed by atoms with van der Waals surface area (Å²) in [5, 5.41) is 4.21. The van der Waals surface area contributed by atoms with Gasteiger partial charge in [-0.2, -0.15) is 16.3 Å². The molecule has 1 aromatic carbocycles. The molecule has 6 nitrogen and oxygen atoms in total. The van der Waals surface area contributed by atoms with Crippen LogP contribution in [0, 0.1) is 0 Å². The lowest BCUT2D eigenvalue weighted by molar-refractivity contribution is 0.0635. The normalized spacial score (nSPS) is 13.5. The van der Waals surface area contributed by atoms with Crippen LogP contribution in [0.1, 0.15) is 55.5 Å². The Kier molecular flexibility index (Phi) is 6.74. The molecule has 3 heterocycles. The van der Waals surface area contributed by atoms with Crippen molar-refractivity contribution in [3.8, 4) is 16.9 Å². The Labute approximate surface area is 192 Å². The van der Waals surface area contributed by atoms with Gasteiger partial charge in [0.25, 0.3) is 5.91 Å². The van der Waals surface area contributed by atoms with Crippen LogP contribution in [0.4, 0.5) is 0 Å². The predicted octanol–water partition coefficient (Wildman–Crippen LogP) is 4.61. The van der Waals surface area contributed by atoms with Crippen molar-refractivity contribution in [2.24, 2.45) is 0 Å². The number of rotatable bonds is 8. The molecule has 1 aliphatic rings. The Balaban J connectivity index is 1.77. The number of fused-ring (bicyclic) bond motifs is 1. The van der Waals surface area contributed by atoms with Gasteiger partial charge < -0.3 is 14.2 Å². The molecule has 1 aliphatic heterocycles. The van der Waals surface area contributed by atoms with E-state index < -0.39 is 5.56 Å². The molecule has 3 aromatic rings. The summed E-state index contributed by atoms with van der Waals surface area (Å²) in [6.07, 6.45) is 2.25. The van der Waals surface area contributed by atoms with Gasteiger partial charge in [-0.15, -0.1) is 0 Å². The molecular formula is C25H29N3O3S. The number of benzene rings is 1. The minimum Gasteiger partial charge on any atom is -0.486 e. The molecule has 0 bridgehead atoms. The molecule has 0 saturated carbocycles. The number of aromatic nitrogens is 2. The van der Waals surface area contributed by atoms with Crippen LogP contribution in [0.5, 0.6) is 5.75 Å². The fourth-order valence-corrected chi connectivity index (χ4v) is 4.92. The van der Waals surface area contributed by atoms with Gasteiger partial charge in [0.2, 0.25) is 5.75 Å². The predicted molar refractivity (Wildman–Crippen MR) is 128 cm³/mol. The van der Waals surface area contributed by atoms with Crippen LogP contribution in [0.25, 0.3) is 11.1 Å². The van der Waals surface area contributed by atoms with Crippen molar-refractivity contribution in [2.45, 2.75) is 52.6 Å². The van der Waals surface area contributed by atoms with E-state index in [0.717, 1.165) is 29.5 Å². The maximum atomic E-state index is 13.4. The second kappa shape index (κ2) is 9.69. The fraction of sp³-hybridized carbons (Fsp3) is 0.400. The average molecular weight is 452 g/mol. The summed E-state index contributed by atoms with van der Waals surface area (Å²) in [6, 6.07) is 10.2. The quantitative estimate of drug-likeness (QED) is 0.469. The number of hydrogen-bond acceptors (Lipinski definition) is 5. The van der Waals surface area contributed by atoms with E-state index in [1.807, 2.05) is 36.6 Å². The highest BCUT2D eigenvalue weighted by atomic mass is 32.1. The summed E-state index contributed by atoms with van der Waals surface area (Å²) in [5.41, 5.74) is 3.24. The molecule has 4 rings (SSSR count). The van der Waals surface area contributed by atoms with Gasteiger partial charge in [-0.25, -0.2) is 0 Å². The second-order valence-corrected chi connectivity index (χ2v) is 9.05. The molecule has 0 radical (unpaired) electrons. The maximum absolute atomic E-state index is 13.4. The number of hydrogen-bond donors (Lipinski definition) is 0. The minimum absolute atomic E-state index is 0.0491. The first-order valence-electron chi connectivity index (χ1n) is 11.2. The lowest BCUT2D eigenvalue weighted by Crippen LogP contribution is -2.46. The van der Waals surface area contributed by atoms with Gasteiger partial charge in [-0.3, -0.25) is 9.59 Å². The fourth-order valence-electron chi connectivity index (χ4n) is 4.06. The second-order valence-electron chi connectivity index (χ2n) is 8.31. The number of carbonyl (C=O) groups is 1. The van der Waals surface area contributed by atoms with Gasteiger partial charge in [0.1, 0.15) is 5.82 Å². The van der Waals surface area contributed by atoms with Crippen molar-refractivity contribution in [3.05, 3.63) is 68.5 Å². The molecule has 0 N–H and O–H groups in total. The molecule has 0 aliphatic carbocycles. The van der Waals surface area contributed by atoms with Crippen molar-refractivity contribution in [3.63, 3.8) is 0 Å². The van der Waals surface area contributed by atoms with Crippen LogP contribution >= 0.6 is 11.3 Å². The summed E-state index contributed by atoms with van der Waals surface area (Å²) in [7, 11) is 0. The van der Waals surface area contributed by atoms with E-state index in [4.69, 9.17) is 4.74 Å². The van der Waals surface area contributed by atoms with Crippen LogP contribution in [0.15, 0.2) is 45.9 Å². The minimum atomic E-state index is -0.460. The Hall–Kier alpha value is -2.93. The van der Waals surface area contributed by atoms with Crippen molar-refractivity contribution >= 4 is 17.2 Å². The topological polar surface area (TPSA) is 64.4 Å². The summed E-state index contributed by atoms with van der Waals surface area (Å²) in [6.45, 7) is 7.62. The third-order valence-electron chi connectivity index (χ3n) is 5.79. The van der Waals surface area contributed by atoms with Crippen molar-refractivity contribution in [1.29, 1.82) is 0 Å². The van der Waals surface area contributed by atoms with Crippen LogP contribution in [-0.2, 0) is 13.0 Å². The summed E-state index contributed by atoms with van der Waals surface area (Å²) >= 11 is 1.63. The summed E-state index contributed by atoms with van der Waals surface area (Å²) in [5.74, 6) is 0.540. The Bertz CT molecular complexity index is 1150. The molecule has 1 amide bonds. The van der Waals surface area contributed by atoms with E-state index in [0.29, 0.717) is 37.6 Å². The SMILES string of the molecule is CCCCOc1c2n(c(Cc3cscc3-c3ccccc3)nc1=O)CCN(C(C)C)C2=O. The van der Waals surface area contributed by atoms with E-state index in [9.17, 15) is 9.59 Å². The van der Waals surface area contributed by atoms with Gasteiger partial charge in [-0.1, -0.05) is 43.7 Å². The monoisotopic (exact) mass is 451 g/mol. The number of amides is 1. The van der Waals surface area contributed by atoms with Gasteiger partial charge >= 0.3 is 5.56 Å². The van der Waals surface area contributed by atoms with E-state index in [1.165, 1.54) is 0 Å². The zero-order chi connectivity index (χ0) is 22.7. The number of carbonyl (C=O) groups excluding carboxylic acids is 1. The third-order valence-corrected chi connectivity index (χ3v) is 6.58. The van der Waals surface area contributed by atoms with E-state index in [2.05, 4.69) is 34.8 Å². The number of unbranched alkanes of at least 4 members (excludes halogenated alkanes) is 1. The molecule has 0 fully saturated rings. The van der Waals surface area contributed by atoms with Crippen molar-refractivity contribution in [1.82, 2.24) is 14.5 Å². The molecule has 7 heteroatoms. The largest absolute Gasteiger partial charge is 0.486 e.